The summed E-state index contributed by atoms with van der Waals surface area (Å²) in [5.74, 6) is 0.635. The van der Waals surface area contributed by atoms with Gasteiger partial charge in [0, 0.05) is 12.0 Å². The van der Waals surface area contributed by atoms with Crippen molar-refractivity contribution in [1.29, 1.82) is 0 Å². The zero-order valence-corrected chi connectivity index (χ0v) is 9.17. The Morgan fingerprint density at radius 1 is 1.54 bits per heavy atom. The second-order valence-electron chi connectivity index (χ2n) is 3.38. The van der Waals surface area contributed by atoms with Crippen LogP contribution in [-0.4, -0.2) is 13.1 Å². The number of carbonyl (C=O) groups excluding carboxylic acids is 1. The third-order valence-corrected chi connectivity index (χ3v) is 2.31. The molecule has 0 aliphatic heterocycles. The van der Waals surface area contributed by atoms with Crippen LogP contribution in [0.3, 0.4) is 0 Å². The van der Waals surface area contributed by atoms with E-state index in [0.29, 0.717) is 18.3 Å². The van der Waals surface area contributed by atoms with Gasteiger partial charge in [0.2, 0.25) is 0 Å². The highest BCUT2D eigenvalue weighted by Gasteiger charge is 2.16. The molecule has 2 nitrogen and oxygen atoms in total. The van der Waals surface area contributed by atoms with Crippen LogP contribution in [0, 0.1) is 11.8 Å². The maximum absolute atomic E-state index is 11.0. The van der Waals surface area contributed by atoms with Crippen LogP contribution in [0.15, 0.2) is 11.6 Å². The molecule has 13 heavy (non-hydrogen) atoms. The zero-order valence-electron chi connectivity index (χ0n) is 8.42. The molecule has 3 heteroatoms. The van der Waals surface area contributed by atoms with E-state index in [2.05, 4.69) is 18.6 Å². The van der Waals surface area contributed by atoms with Crippen LogP contribution < -0.4 is 0 Å². The Hall–Kier alpha value is -0.500. The van der Waals surface area contributed by atoms with Gasteiger partial charge in [-0.3, -0.25) is 4.79 Å². The van der Waals surface area contributed by atoms with Gasteiger partial charge in [0.1, 0.15) is 0 Å². The molecule has 0 rings (SSSR count). The van der Waals surface area contributed by atoms with Crippen molar-refractivity contribution in [2.24, 2.45) is 11.8 Å². The normalized spacial score (nSPS) is 13.6. The van der Waals surface area contributed by atoms with Crippen molar-refractivity contribution in [3.63, 3.8) is 0 Å². The molecule has 0 N–H and O–H groups in total. The van der Waals surface area contributed by atoms with Crippen LogP contribution >= 0.6 is 11.6 Å². The Bertz CT molecular complexity index is 176. The molecule has 0 amide bonds. The second-order valence-corrected chi connectivity index (χ2v) is 3.63. The van der Waals surface area contributed by atoms with Gasteiger partial charge in [-0.15, -0.1) is 0 Å². The largest absolute Gasteiger partial charge is 0.469 e. The van der Waals surface area contributed by atoms with E-state index in [0.717, 1.165) is 6.42 Å². The fourth-order valence-electron chi connectivity index (χ4n) is 1.11. The Labute approximate surface area is 84.9 Å². The number of esters is 1. The lowest BCUT2D eigenvalue weighted by Gasteiger charge is -2.17. The lowest BCUT2D eigenvalue weighted by atomic mass is 9.89. The average Bonchev–Trinajstić information content (AvgIpc) is 2.11. The lowest BCUT2D eigenvalue weighted by Crippen LogP contribution is -2.14. The van der Waals surface area contributed by atoms with Gasteiger partial charge in [0.25, 0.3) is 0 Å². The van der Waals surface area contributed by atoms with Crippen molar-refractivity contribution >= 4 is 17.6 Å². The first-order chi connectivity index (χ1) is 6.11. The summed E-state index contributed by atoms with van der Waals surface area (Å²) in [6.07, 6.45) is 3.17. The number of rotatable bonds is 5. The average molecular weight is 205 g/mol. The first-order valence-corrected chi connectivity index (χ1v) is 4.87. The second kappa shape index (κ2) is 6.96. The SMILES string of the molecule is COC(=O)CC(CC=CCl)C(C)C. The molecule has 0 bridgehead atoms. The van der Waals surface area contributed by atoms with E-state index in [-0.39, 0.29) is 5.97 Å². The van der Waals surface area contributed by atoms with Gasteiger partial charge >= 0.3 is 5.97 Å². The number of carbonyl (C=O) groups is 1. The highest BCUT2D eigenvalue weighted by Crippen LogP contribution is 2.20. The third kappa shape index (κ3) is 5.69. The molecule has 0 aliphatic rings. The van der Waals surface area contributed by atoms with E-state index >= 15 is 0 Å². The fourth-order valence-corrected chi connectivity index (χ4v) is 1.22. The number of methoxy groups -OCH3 is 1. The standard InChI is InChI=1S/C10H17ClO2/c1-8(2)9(5-4-6-11)7-10(12)13-3/h4,6,8-9H,5,7H2,1-3H3. The Morgan fingerprint density at radius 3 is 2.54 bits per heavy atom. The van der Waals surface area contributed by atoms with Crippen LogP contribution in [0.5, 0.6) is 0 Å². The predicted octanol–water partition coefficient (Wildman–Crippen LogP) is 2.96. The smallest absolute Gasteiger partial charge is 0.305 e. The number of halogens is 1. The number of allylic oxidation sites excluding steroid dienone is 1. The van der Waals surface area contributed by atoms with Gasteiger partial charge < -0.3 is 4.74 Å². The number of hydrogen-bond donors (Lipinski definition) is 0. The summed E-state index contributed by atoms with van der Waals surface area (Å²) >= 11 is 5.42. The number of hydrogen-bond acceptors (Lipinski definition) is 2. The predicted molar refractivity (Wildman–Crippen MR) is 54.6 cm³/mol. The van der Waals surface area contributed by atoms with Crippen LogP contribution in [0.1, 0.15) is 26.7 Å². The molecule has 0 aliphatic carbocycles. The Morgan fingerprint density at radius 2 is 2.15 bits per heavy atom. The van der Waals surface area contributed by atoms with Gasteiger partial charge in [-0.2, -0.15) is 0 Å². The molecule has 0 aromatic heterocycles. The quantitative estimate of drug-likeness (QED) is 0.644. The highest BCUT2D eigenvalue weighted by molar-refractivity contribution is 6.25. The van der Waals surface area contributed by atoms with Crippen molar-refractivity contribution in [3.05, 3.63) is 11.6 Å². The molecule has 0 saturated heterocycles. The van der Waals surface area contributed by atoms with Crippen molar-refractivity contribution < 1.29 is 9.53 Å². The summed E-state index contributed by atoms with van der Waals surface area (Å²) in [6, 6.07) is 0. The van der Waals surface area contributed by atoms with Crippen molar-refractivity contribution in [2.75, 3.05) is 7.11 Å². The van der Waals surface area contributed by atoms with E-state index in [4.69, 9.17) is 11.6 Å². The van der Waals surface area contributed by atoms with E-state index in [1.165, 1.54) is 12.6 Å². The zero-order chi connectivity index (χ0) is 10.3. The Kier molecular flexibility index (Phi) is 6.69. The molecule has 0 fully saturated rings. The monoisotopic (exact) mass is 204 g/mol. The molecule has 0 aromatic carbocycles. The first-order valence-electron chi connectivity index (χ1n) is 4.43. The molecule has 1 unspecified atom stereocenters. The van der Waals surface area contributed by atoms with Crippen molar-refractivity contribution in [1.82, 2.24) is 0 Å². The summed E-state index contributed by atoms with van der Waals surface area (Å²) in [4.78, 5) is 11.0. The lowest BCUT2D eigenvalue weighted by molar-refractivity contribution is -0.142. The van der Waals surface area contributed by atoms with Gasteiger partial charge in [0.15, 0.2) is 0 Å². The third-order valence-electron chi connectivity index (χ3n) is 2.13. The minimum absolute atomic E-state index is 0.151. The maximum atomic E-state index is 11.0. The van der Waals surface area contributed by atoms with Crippen molar-refractivity contribution in [3.8, 4) is 0 Å². The van der Waals surface area contributed by atoms with Gasteiger partial charge in [-0.1, -0.05) is 31.5 Å². The molecule has 0 saturated carbocycles. The number of ether oxygens (including phenoxy) is 1. The van der Waals surface area contributed by atoms with Crippen LogP contribution in [0.4, 0.5) is 0 Å². The van der Waals surface area contributed by atoms with E-state index in [9.17, 15) is 4.79 Å². The molecule has 76 valence electrons. The van der Waals surface area contributed by atoms with E-state index in [1.807, 2.05) is 6.08 Å². The maximum Gasteiger partial charge on any atom is 0.305 e. The van der Waals surface area contributed by atoms with Crippen LogP contribution in [-0.2, 0) is 9.53 Å². The summed E-state index contributed by atoms with van der Waals surface area (Å²) in [6.45, 7) is 4.19. The van der Waals surface area contributed by atoms with E-state index < -0.39 is 0 Å². The van der Waals surface area contributed by atoms with Gasteiger partial charge in [-0.05, 0) is 18.3 Å². The molecular formula is C10H17ClO2. The summed E-state index contributed by atoms with van der Waals surface area (Å²) < 4.78 is 4.61. The van der Waals surface area contributed by atoms with Crippen molar-refractivity contribution in [2.45, 2.75) is 26.7 Å². The molecule has 0 spiro atoms. The van der Waals surface area contributed by atoms with Crippen LogP contribution in [0.25, 0.3) is 0 Å². The van der Waals surface area contributed by atoms with E-state index in [1.54, 1.807) is 0 Å². The summed E-state index contributed by atoms with van der Waals surface area (Å²) in [7, 11) is 1.41. The van der Waals surface area contributed by atoms with Crippen LogP contribution in [0.2, 0.25) is 0 Å². The summed E-state index contributed by atoms with van der Waals surface area (Å²) in [5, 5.41) is 0. The van der Waals surface area contributed by atoms with Gasteiger partial charge in [-0.25, -0.2) is 0 Å². The Balaban J connectivity index is 4.01. The molecule has 1 atom stereocenters. The highest BCUT2D eigenvalue weighted by atomic mass is 35.5. The first kappa shape index (κ1) is 12.5. The topological polar surface area (TPSA) is 26.3 Å². The van der Waals surface area contributed by atoms with Gasteiger partial charge in [0.05, 0.1) is 7.11 Å². The minimum atomic E-state index is -0.151. The molecule has 0 radical (unpaired) electrons. The minimum Gasteiger partial charge on any atom is -0.469 e. The summed E-state index contributed by atoms with van der Waals surface area (Å²) in [5.41, 5.74) is 1.49. The molecular weight excluding hydrogens is 188 g/mol. The molecule has 0 heterocycles. The fraction of sp³-hybridized carbons (Fsp3) is 0.700. The molecule has 0 aromatic rings.